The number of nitrogens with one attached hydrogen (secondary N) is 2. The fraction of sp³-hybridized carbons (Fsp3) is 0.174. The van der Waals surface area contributed by atoms with E-state index in [2.05, 4.69) is 20.6 Å². The Kier molecular flexibility index (Phi) is 5.56. The van der Waals surface area contributed by atoms with E-state index in [1.165, 1.54) is 10.7 Å². The number of carbonyl (C=O) groups excluding carboxylic acids is 1. The molecule has 4 rings (SSSR count). The minimum Gasteiger partial charge on any atom is -0.304 e. The van der Waals surface area contributed by atoms with Gasteiger partial charge in [-0.1, -0.05) is 42.0 Å². The minimum absolute atomic E-state index is 0.146. The van der Waals surface area contributed by atoms with Crippen LogP contribution in [0.25, 0.3) is 11.3 Å². The predicted octanol–water partition coefficient (Wildman–Crippen LogP) is 5.21. The maximum atomic E-state index is 12.9. The molecule has 0 aliphatic rings. The summed E-state index contributed by atoms with van der Waals surface area (Å²) in [6, 6.07) is 16.2. The average Bonchev–Trinajstić information content (AvgIpc) is 3.36. The van der Waals surface area contributed by atoms with E-state index in [0.717, 1.165) is 23.3 Å². The zero-order valence-corrected chi connectivity index (χ0v) is 17.4. The average molecular weight is 439 g/mol. The number of aryl methyl sites for hydroxylation is 2. The molecule has 2 heterocycles. The number of nitrogens with zero attached hydrogens (tertiary/aromatic N) is 3. The second-order valence-electron chi connectivity index (χ2n) is 7.51. The van der Waals surface area contributed by atoms with Crippen LogP contribution in [0.2, 0.25) is 0 Å². The molecule has 0 unspecified atom stereocenters. The number of halogens is 3. The van der Waals surface area contributed by atoms with Crippen molar-refractivity contribution in [3.05, 3.63) is 88.7 Å². The lowest BCUT2D eigenvalue weighted by molar-refractivity contribution is -0.137. The van der Waals surface area contributed by atoms with Crippen LogP contribution in [0, 0.1) is 13.8 Å². The van der Waals surface area contributed by atoms with Crippen molar-refractivity contribution < 1.29 is 18.0 Å². The molecule has 0 aliphatic heterocycles. The van der Waals surface area contributed by atoms with Crippen LogP contribution in [-0.4, -0.2) is 25.9 Å². The summed E-state index contributed by atoms with van der Waals surface area (Å²) in [5.41, 5.74) is 3.36. The molecule has 2 N–H and O–H groups in total. The molecule has 0 aliphatic carbocycles. The van der Waals surface area contributed by atoms with Crippen molar-refractivity contribution >= 4 is 11.7 Å². The standard InChI is InChI=1S/C23H20F3N5O/c1-14-6-8-17(9-7-14)19-12-20(29-28-19)22(32)27-21-10-15(2)31(30-21)13-16-4-3-5-18(11-16)23(24,25)26/h3-12H,13H2,1-2H3,(H,28,29)(H,27,30,32). The normalized spacial score (nSPS) is 11.5. The van der Waals surface area contributed by atoms with Crippen LogP contribution in [0.5, 0.6) is 0 Å². The molecular formula is C23H20F3N5O. The van der Waals surface area contributed by atoms with E-state index >= 15 is 0 Å². The van der Waals surface area contributed by atoms with Gasteiger partial charge in [0.2, 0.25) is 0 Å². The largest absolute Gasteiger partial charge is 0.416 e. The molecule has 0 spiro atoms. The summed E-state index contributed by atoms with van der Waals surface area (Å²) in [5.74, 6) is -0.120. The maximum Gasteiger partial charge on any atom is 0.416 e. The van der Waals surface area contributed by atoms with Crippen molar-refractivity contribution in [2.24, 2.45) is 0 Å². The molecule has 32 heavy (non-hydrogen) atoms. The first-order chi connectivity index (χ1) is 15.2. The first-order valence-corrected chi connectivity index (χ1v) is 9.83. The van der Waals surface area contributed by atoms with Crippen LogP contribution < -0.4 is 5.32 Å². The smallest absolute Gasteiger partial charge is 0.304 e. The summed E-state index contributed by atoms with van der Waals surface area (Å²) in [6.45, 7) is 3.90. The van der Waals surface area contributed by atoms with Crippen molar-refractivity contribution in [3.63, 3.8) is 0 Å². The maximum absolute atomic E-state index is 12.9. The Balaban J connectivity index is 1.47. The fourth-order valence-corrected chi connectivity index (χ4v) is 3.24. The summed E-state index contributed by atoms with van der Waals surface area (Å²) in [5, 5.41) is 13.9. The van der Waals surface area contributed by atoms with E-state index in [0.29, 0.717) is 22.8 Å². The number of carbonyl (C=O) groups is 1. The number of amides is 1. The van der Waals surface area contributed by atoms with Crippen LogP contribution in [0.1, 0.15) is 32.9 Å². The third kappa shape index (κ3) is 4.72. The van der Waals surface area contributed by atoms with Gasteiger partial charge in [-0.15, -0.1) is 0 Å². The van der Waals surface area contributed by atoms with Gasteiger partial charge in [0.1, 0.15) is 5.69 Å². The molecule has 1 amide bonds. The molecule has 4 aromatic rings. The number of aromatic amines is 1. The van der Waals surface area contributed by atoms with Crippen LogP contribution in [-0.2, 0) is 12.7 Å². The predicted molar refractivity (Wildman–Crippen MR) is 114 cm³/mol. The van der Waals surface area contributed by atoms with E-state index in [-0.39, 0.29) is 12.2 Å². The zero-order valence-electron chi connectivity index (χ0n) is 17.4. The summed E-state index contributed by atoms with van der Waals surface area (Å²) in [7, 11) is 0. The second kappa shape index (κ2) is 8.33. The Bertz CT molecular complexity index is 1260. The number of rotatable bonds is 5. The monoisotopic (exact) mass is 439 g/mol. The van der Waals surface area contributed by atoms with E-state index < -0.39 is 17.6 Å². The number of benzene rings is 2. The molecule has 0 saturated heterocycles. The van der Waals surface area contributed by atoms with E-state index in [4.69, 9.17) is 0 Å². The number of aromatic nitrogens is 4. The van der Waals surface area contributed by atoms with Gasteiger partial charge in [0.05, 0.1) is 17.8 Å². The Morgan fingerprint density at radius 1 is 1.06 bits per heavy atom. The third-order valence-electron chi connectivity index (χ3n) is 4.98. The quantitative estimate of drug-likeness (QED) is 0.448. The SMILES string of the molecule is Cc1ccc(-c2cc(C(=O)Nc3cc(C)n(Cc4cccc(C(F)(F)F)c4)n3)[nH]n2)cc1. The Labute approximate surface area is 182 Å². The third-order valence-corrected chi connectivity index (χ3v) is 4.98. The Morgan fingerprint density at radius 3 is 2.53 bits per heavy atom. The molecule has 0 bridgehead atoms. The molecule has 9 heteroatoms. The summed E-state index contributed by atoms with van der Waals surface area (Å²) in [6.07, 6.45) is -4.41. The van der Waals surface area contributed by atoms with Gasteiger partial charge in [-0.2, -0.15) is 23.4 Å². The number of hydrogen-bond donors (Lipinski definition) is 2. The number of alkyl halides is 3. The highest BCUT2D eigenvalue weighted by Gasteiger charge is 2.30. The molecule has 164 valence electrons. The lowest BCUT2D eigenvalue weighted by atomic mass is 10.1. The molecular weight excluding hydrogens is 419 g/mol. The van der Waals surface area contributed by atoms with Crippen molar-refractivity contribution in [1.29, 1.82) is 0 Å². The first-order valence-electron chi connectivity index (χ1n) is 9.83. The first kappa shape index (κ1) is 21.4. The van der Waals surface area contributed by atoms with Gasteiger partial charge in [-0.05, 0) is 37.6 Å². The van der Waals surface area contributed by atoms with Crippen molar-refractivity contribution in [1.82, 2.24) is 20.0 Å². The van der Waals surface area contributed by atoms with Gasteiger partial charge >= 0.3 is 6.18 Å². The number of anilines is 1. The number of H-pyrrole nitrogens is 1. The summed E-state index contributed by atoms with van der Waals surface area (Å²) >= 11 is 0. The summed E-state index contributed by atoms with van der Waals surface area (Å²) in [4.78, 5) is 12.6. The highest BCUT2D eigenvalue weighted by molar-refractivity contribution is 6.02. The van der Waals surface area contributed by atoms with Crippen molar-refractivity contribution in [2.75, 3.05) is 5.32 Å². The van der Waals surface area contributed by atoms with Crippen LogP contribution in [0.3, 0.4) is 0 Å². The Hall–Kier alpha value is -3.88. The number of hydrogen-bond acceptors (Lipinski definition) is 3. The van der Waals surface area contributed by atoms with Crippen LogP contribution in [0.15, 0.2) is 60.7 Å². The van der Waals surface area contributed by atoms with E-state index in [1.807, 2.05) is 31.2 Å². The van der Waals surface area contributed by atoms with Crippen LogP contribution >= 0.6 is 0 Å². The zero-order chi connectivity index (χ0) is 22.9. The highest BCUT2D eigenvalue weighted by atomic mass is 19.4. The molecule has 0 atom stereocenters. The molecule has 0 radical (unpaired) electrons. The van der Waals surface area contributed by atoms with Gasteiger partial charge in [-0.3, -0.25) is 14.6 Å². The van der Waals surface area contributed by atoms with Gasteiger partial charge in [-0.25, -0.2) is 0 Å². The highest BCUT2D eigenvalue weighted by Crippen LogP contribution is 2.29. The molecule has 6 nitrogen and oxygen atoms in total. The molecule has 2 aromatic heterocycles. The minimum atomic E-state index is -4.41. The van der Waals surface area contributed by atoms with Crippen LogP contribution in [0.4, 0.5) is 19.0 Å². The summed E-state index contributed by atoms with van der Waals surface area (Å²) < 4.78 is 40.4. The lowest BCUT2D eigenvalue weighted by Crippen LogP contribution is -2.13. The Morgan fingerprint density at radius 2 is 1.81 bits per heavy atom. The fourth-order valence-electron chi connectivity index (χ4n) is 3.24. The molecule has 0 fully saturated rings. The molecule has 2 aromatic carbocycles. The second-order valence-corrected chi connectivity index (χ2v) is 7.51. The van der Waals surface area contributed by atoms with Crippen molar-refractivity contribution in [2.45, 2.75) is 26.6 Å². The van der Waals surface area contributed by atoms with Crippen molar-refractivity contribution in [3.8, 4) is 11.3 Å². The topological polar surface area (TPSA) is 75.6 Å². The lowest BCUT2D eigenvalue weighted by Gasteiger charge is -2.09. The van der Waals surface area contributed by atoms with E-state index in [1.54, 1.807) is 25.1 Å². The molecule has 0 saturated carbocycles. The van der Waals surface area contributed by atoms with Gasteiger partial charge < -0.3 is 5.32 Å². The van der Waals surface area contributed by atoms with Gasteiger partial charge in [0.25, 0.3) is 5.91 Å². The van der Waals surface area contributed by atoms with Gasteiger partial charge in [0, 0.05) is 17.3 Å². The van der Waals surface area contributed by atoms with Gasteiger partial charge in [0.15, 0.2) is 5.82 Å². The van der Waals surface area contributed by atoms with E-state index in [9.17, 15) is 18.0 Å².